The van der Waals surface area contributed by atoms with Crippen molar-refractivity contribution in [3.63, 3.8) is 0 Å². The van der Waals surface area contributed by atoms with Crippen LogP contribution in [0.1, 0.15) is 5.56 Å². The molecule has 0 amide bonds. The molecular formula is C14H10FIO2S. The maximum atomic E-state index is 12.8. The van der Waals surface area contributed by atoms with Crippen molar-refractivity contribution in [2.75, 3.05) is 0 Å². The molecule has 0 spiro atoms. The molecule has 5 heteroatoms. The zero-order valence-corrected chi connectivity index (χ0v) is 12.7. The van der Waals surface area contributed by atoms with Crippen LogP contribution >= 0.6 is 22.6 Å². The fourth-order valence-corrected chi connectivity index (χ4v) is 3.04. The zero-order chi connectivity index (χ0) is 13.9. The molecule has 0 aromatic heterocycles. The Kier molecular flexibility index (Phi) is 4.36. The van der Waals surface area contributed by atoms with Crippen LogP contribution in [0.4, 0.5) is 4.39 Å². The lowest BCUT2D eigenvalue weighted by molar-refractivity contribution is 0.603. The smallest absolute Gasteiger partial charge is 0.199 e. The quantitative estimate of drug-likeness (QED) is 0.591. The summed E-state index contributed by atoms with van der Waals surface area (Å²) in [7, 11) is -3.54. The molecule has 0 aliphatic heterocycles. The highest BCUT2D eigenvalue weighted by atomic mass is 127. The molecule has 2 aromatic rings. The Labute approximate surface area is 125 Å². The Morgan fingerprint density at radius 1 is 1.00 bits per heavy atom. The van der Waals surface area contributed by atoms with Crippen LogP contribution in [0.15, 0.2) is 58.8 Å². The Morgan fingerprint density at radius 3 is 2.26 bits per heavy atom. The van der Waals surface area contributed by atoms with E-state index in [9.17, 15) is 12.8 Å². The molecule has 0 aliphatic carbocycles. The van der Waals surface area contributed by atoms with Crippen molar-refractivity contribution < 1.29 is 12.8 Å². The minimum Gasteiger partial charge on any atom is -0.219 e. The molecular weight excluding hydrogens is 378 g/mol. The first-order chi connectivity index (χ1) is 8.99. The van der Waals surface area contributed by atoms with E-state index in [1.54, 1.807) is 6.08 Å². The first-order valence-electron chi connectivity index (χ1n) is 5.42. The van der Waals surface area contributed by atoms with E-state index in [2.05, 4.69) is 22.6 Å². The second-order valence-corrected chi connectivity index (χ2v) is 6.82. The van der Waals surface area contributed by atoms with Crippen LogP contribution < -0.4 is 0 Å². The topological polar surface area (TPSA) is 34.1 Å². The normalized spacial score (nSPS) is 11.9. The molecule has 0 saturated carbocycles. The highest BCUT2D eigenvalue weighted by Gasteiger charge is 2.10. The summed E-state index contributed by atoms with van der Waals surface area (Å²) in [6.07, 6.45) is 1.54. The molecule has 19 heavy (non-hydrogen) atoms. The molecule has 0 N–H and O–H groups in total. The number of rotatable bonds is 3. The number of halogens is 2. The number of sulfone groups is 1. The van der Waals surface area contributed by atoms with Gasteiger partial charge in [-0.05, 0) is 64.6 Å². The molecule has 0 bridgehead atoms. The van der Waals surface area contributed by atoms with Crippen molar-refractivity contribution >= 4 is 38.5 Å². The van der Waals surface area contributed by atoms with Crippen molar-refractivity contribution in [2.45, 2.75) is 4.90 Å². The minimum absolute atomic E-state index is 0.0797. The Hall–Kier alpha value is -1.21. The summed E-state index contributed by atoms with van der Waals surface area (Å²) >= 11 is 2.14. The standard InChI is InChI=1S/C14H10FIO2S/c15-12-5-7-13(8-6-12)19(17,18)10-9-11-3-1-2-4-14(11)16/h1-10H. The molecule has 0 radical (unpaired) electrons. The van der Waals surface area contributed by atoms with Gasteiger partial charge in [0, 0.05) is 8.98 Å². The fraction of sp³-hybridized carbons (Fsp3) is 0. The van der Waals surface area contributed by atoms with Gasteiger partial charge >= 0.3 is 0 Å². The zero-order valence-electron chi connectivity index (χ0n) is 9.75. The van der Waals surface area contributed by atoms with E-state index in [4.69, 9.17) is 0 Å². The van der Waals surface area contributed by atoms with Gasteiger partial charge in [-0.25, -0.2) is 12.8 Å². The van der Waals surface area contributed by atoms with E-state index in [1.807, 2.05) is 24.3 Å². The largest absolute Gasteiger partial charge is 0.219 e. The fourth-order valence-electron chi connectivity index (χ4n) is 1.48. The van der Waals surface area contributed by atoms with E-state index in [0.717, 1.165) is 26.7 Å². The van der Waals surface area contributed by atoms with Crippen molar-refractivity contribution in [3.05, 3.63) is 68.9 Å². The lowest BCUT2D eigenvalue weighted by Crippen LogP contribution is -1.96. The third kappa shape index (κ3) is 3.63. The predicted molar refractivity (Wildman–Crippen MR) is 81.8 cm³/mol. The van der Waals surface area contributed by atoms with Gasteiger partial charge in [0.25, 0.3) is 0 Å². The summed E-state index contributed by atoms with van der Waals surface area (Å²) in [6.45, 7) is 0. The molecule has 0 heterocycles. The third-order valence-corrected chi connectivity index (χ3v) is 4.88. The van der Waals surface area contributed by atoms with E-state index in [-0.39, 0.29) is 4.90 Å². The van der Waals surface area contributed by atoms with Crippen LogP contribution in [-0.4, -0.2) is 8.42 Å². The molecule has 0 aliphatic rings. The summed E-state index contributed by atoms with van der Waals surface area (Å²) in [5, 5.41) is 1.14. The van der Waals surface area contributed by atoms with E-state index >= 15 is 0 Å². The van der Waals surface area contributed by atoms with Crippen LogP contribution in [-0.2, 0) is 9.84 Å². The molecule has 98 valence electrons. The highest BCUT2D eigenvalue weighted by molar-refractivity contribution is 14.1. The number of hydrogen-bond acceptors (Lipinski definition) is 2. The summed E-state index contributed by atoms with van der Waals surface area (Å²) in [5.41, 5.74) is 0.828. The SMILES string of the molecule is O=S(=O)(C=Cc1ccccc1I)c1ccc(F)cc1. The van der Waals surface area contributed by atoms with E-state index < -0.39 is 15.7 Å². The molecule has 0 unspecified atom stereocenters. The maximum Gasteiger partial charge on any atom is 0.199 e. The van der Waals surface area contributed by atoms with Crippen LogP contribution in [0.5, 0.6) is 0 Å². The van der Waals surface area contributed by atoms with Crippen LogP contribution in [0.2, 0.25) is 0 Å². The molecule has 0 atom stereocenters. The van der Waals surface area contributed by atoms with Crippen LogP contribution in [0.3, 0.4) is 0 Å². The van der Waals surface area contributed by atoms with Gasteiger partial charge in [-0.3, -0.25) is 0 Å². The monoisotopic (exact) mass is 388 g/mol. The van der Waals surface area contributed by atoms with Gasteiger partial charge in [0.15, 0.2) is 9.84 Å². The maximum absolute atomic E-state index is 12.8. The summed E-state index contributed by atoms with van der Waals surface area (Å²) < 4.78 is 37.8. The second-order valence-electron chi connectivity index (χ2n) is 3.82. The van der Waals surface area contributed by atoms with E-state index in [1.165, 1.54) is 12.1 Å². The van der Waals surface area contributed by atoms with Crippen molar-refractivity contribution in [3.8, 4) is 0 Å². The van der Waals surface area contributed by atoms with Gasteiger partial charge in [0.2, 0.25) is 0 Å². The lowest BCUT2D eigenvalue weighted by Gasteiger charge is -2.00. The van der Waals surface area contributed by atoms with Gasteiger partial charge in [-0.2, -0.15) is 0 Å². The predicted octanol–water partition coefficient (Wildman–Crippen LogP) is 3.87. The lowest BCUT2D eigenvalue weighted by atomic mass is 10.2. The molecule has 2 rings (SSSR count). The second kappa shape index (κ2) is 5.83. The van der Waals surface area contributed by atoms with Crippen LogP contribution in [0.25, 0.3) is 6.08 Å². The summed E-state index contributed by atoms with van der Waals surface area (Å²) in [5.74, 6) is -0.458. The Bertz CT molecular complexity index is 706. The van der Waals surface area contributed by atoms with Gasteiger partial charge in [-0.1, -0.05) is 18.2 Å². The van der Waals surface area contributed by atoms with Crippen molar-refractivity contribution in [1.29, 1.82) is 0 Å². The first kappa shape index (κ1) is 14.2. The molecule has 2 nitrogen and oxygen atoms in total. The summed E-state index contributed by atoms with van der Waals surface area (Å²) in [6, 6.07) is 12.2. The van der Waals surface area contributed by atoms with Gasteiger partial charge in [0.1, 0.15) is 5.82 Å². The molecule has 0 saturated heterocycles. The first-order valence-corrected chi connectivity index (χ1v) is 8.05. The van der Waals surface area contributed by atoms with E-state index in [0.29, 0.717) is 0 Å². The molecule has 2 aromatic carbocycles. The van der Waals surface area contributed by atoms with Crippen molar-refractivity contribution in [2.24, 2.45) is 0 Å². The minimum atomic E-state index is -3.54. The Morgan fingerprint density at radius 2 is 1.63 bits per heavy atom. The van der Waals surface area contributed by atoms with Crippen LogP contribution in [0, 0.1) is 9.39 Å². The van der Waals surface area contributed by atoms with Gasteiger partial charge in [-0.15, -0.1) is 0 Å². The van der Waals surface area contributed by atoms with Crippen molar-refractivity contribution in [1.82, 2.24) is 0 Å². The Balaban J connectivity index is 2.32. The number of hydrogen-bond donors (Lipinski definition) is 0. The average molecular weight is 388 g/mol. The van der Waals surface area contributed by atoms with Gasteiger partial charge in [0.05, 0.1) is 4.90 Å². The molecule has 0 fully saturated rings. The highest BCUT2D eigenvalue weighted by Crippen LogP contribution is 2.17. The number of benzene rings is 2. The van der Waals surface area contributed by atoms with Gasteiger partial charge < -0.3 is 0 Å². The average Bonchev–Trinajstić information content (AvgIpc) is 2.38. The summed E-state index contributed by atoms with van der Waals surface area (Å²) in [4.78, 5) is 0.0797. The third-order valence-electron chi connectivity index (χ3n) is 2.47.